The zero-order chi connectivity index (χ0) is 14.5. The van der Waals surface area contributed by atoms with Crippen LogP contribution < -0.4 is 4.57 Å². The third-order valence-electron chi connectivity index (χ3n) is 3.51. The largest absolute Gasteiger partial charge is 0.302 e. The Morgan fingerprint density at radius 2 is 1.95 bits per heavy atom. The Labute approximate surface area is 117 Å². The second-order valence-electron chi connectivity index (χ2n) is 5.16. The smallest absolute Gasteiger partial charge is 0.233 e. The van der Waals surface area contributed by atoms with E-state index in [0.29, 0.717) is 5.92 Å². The van der Waals surface area contributed by atoms with Gasteiger partial charge in [0, 0.05) is 0 Å². The maximum Gasteiger partial charge on any atom is 0.302 e. The minimum absolute atomic E-state index is 0.312. The predicted octanol–water partition coefficient (Wildman–Crippen LogP) is 2.68. The summed E-state index contributed by atoms with van der Waals surface area (Å²) in [6, 6.07) is 0. The summed E-state index contributed by atoms with van der Waals surface area (Å²) in [6.07, 6.45) is 10.1. The van der Waals surface area contributed by atoms with Gasteiger partial charge >= 0.3 is 10.0 Å². The van der Waals surface area contributed by atoms with Crippen LogP contribution in [0.4, 0.5) is 0 Å². The predicted molar refractivity (Wildman–Crippen MR) is 77.7 cm³/mol. The van der Waals surface area contributed by atoms with Crippen molar-refractivity contribution in [1.29, 1.82) is 0 Å². The normalized spacial score (nSPS) is 13.7. The van der Waals surface area contributed by atoms with Gasteiger partial charge in [-0.2, -0.15) is 8.42 Å². The van der Waals surface area contributed by atoms with Gasteiger partial charge in [0.15, 0.2) is 0 Å². The number of nitrogens with zero attached hydrogens (tertiary/aromatic N) is 2. The van der Waals surface area contributed by atoms with Crippen LogP contribution >= 0.6 is 0 Å². The summed E-state index contributed by atoms with van der Waals surface area (Å²) in [5, 5.41) is 0. The zero-order valence-corrected chi connectivity index (χ0v) is 13.4. The van der Waals surface area contributed by atoms with Crippen LogP contribution in [0.2, 0.25) is 0 Å². The minimum Gasteiger partial charge on any atom is -0.233 e. The average Bonchev–Trinajstić information content (AvgIpc) is 2.77. The molecule has 0 aliphatic rings. The molecule has 5 heteroatoms. The summed E-state index contributed by atoms with van der Waals surface area (Å²) in [6.45, 7) is 7.32. The lowest BCUT2D eigenvalue weighted by Gasteiger charge is -2.12. The maximum absolute atomic E-state index is 11.9. The Hall–Kier alpha value is -0.840. The fourth-order valence-electron chi connectivity index (χ4n) is 2.50. The topological polar surface area (TPSA) is 43.0 Å². The van der Waals surface area contributed by atoms with Crippen molar-refractivity contribution in [1.82, 2.24) is 3.97 Å². The molecule has 0 radical (unpaired) electrons. The van der Waals surface area contributed by atoms with Crippen LogP contribution in [-0.4, -0.2) is 18.6 Å². The molecule has 0 bridgehead atoms. The summed E-state index contributed by atoms with van der Waals surface area (Å²) in [7, 11) is -3.22. The zero-order valence-electron chi connectivity index (χ0n) is 12.6. The molecule has 0 spiro atoms. The van der Waals surface area contributed by atoms with Crippen molar-refractivity contribution in [2.75, 3.05) is 6.26 Å². The molecule has 0 amide bonds. The lowest BCUT2D eigenvalue weighted by molar-refractivity contribution is -0.705. The van der Waals surface area contributed by atoms with E-state index in [-0.39, 0.29) is 0 Å². The Morgan fingerprint density at radius 1 is 1.26 bits per heavy atom. The van der Waals surface area contributed by atoms with Gasteiger partial charge in [-0.3, -0.25) is 0 Å². The standard InChI is InChI=1S/C14H27N2O2S/c1-5-8-10-15-11-12-16(19(4,17)18)14(15)13(7-3)9-6-2/h11-13H,5-10H2,1-4H3/q+1. The second kappa shape index (κ2) is 7.08. The average molecular weight is 287 g/mol. The molecular weight excluding hydrogens is 260 g/mol. The Morgan fingerprint density at radius 3 is 2.42 bits per heavy atom. The van der Waals surface area contributed by atoms with Gasteiger partial charge in [-0.05, 0) is 19.3 Å². The number of hydrogen-bond donors (Lipinski definition) is 0. The highest BCUT2D eigenvalue weighted by Crippen LogP contribution is 2.23. The second-order valence-corrected chi connectivity index (χ2v) is 7.02. The van der Waals surface area contributed by atoms with Crippen molar-refractivity contribution < 1.29 is 13.0 Å². The molecule has 110 valence electrons. The van der Waals surface area contributed by atoms with E-state index < -0.39 is 10.0 Å². The van der Waals surface area contributed by atoms with Gasteiger partial charge in [0.25, 0.3) is 5.82 Å². The highest BCUT2D eigenvalue weighted by atomic mass is 32.2. The first-order valence-corrected chi connectivity index (χ1v) is 9.11. The molecule has 0 fully saturated rings. The Bertz CT molecular complexity index is 492. The molecule has 1 atom stereocenters. The summed E-state index contributed by atoms with van der Waals surface area (Å²) in [5.41, 5.74) is 0. The van der Waals surface area contributed by atoms with Crippen LogP contribution in [0.1, 0.15) is 64.6 Å². The van der Waals surface area contributed by atoms with E-state index in [4.69, 9.17) is 0 Å². The van der Waals surface area contributed by atoms with Crippen molar-refractivity contribution in [2.45, 2.75) is 65.3 Å². The van der Waals surface area contributed by atoms with E-state index >= 15 is 0 Å². The number of aromatic nitrogens is 2. The minimum atomic E-state index is -3.22. The number of hydrogen-bond acceptors (Lipinski definition) is 2. The fourth-order valence-corrected chi connectivity index (χ4v) is 3.37. The van der Waals surface area contributed by atoms with Crippen molar-refractivity contribution >= 4 is 10.0 Å². The molecule has 0 aromatic carbocycles. The molecule has 1 aromatic rings. The van der Waals surface area contributed by atoms with E-state index in [1.807, 2.05) is 6.20 Å². The summed E-state index contributed by atoms with van der Waals surface area (Å²) in [5.74, 6) is 1.26. The van der Waals surface area contributed by atoms with Crippen LogP contribution in [0, 0.1) is 0 Å². The molecule has 1 rings (SSSR count). The molecule has 1 heterocycles. The molecular formula is C14H27N2O2S+. The highest BCUT2D eigenvalue weighted by Gasteiger charge is 2.29. The van der Waals surface area contributed by atoms with Gasteiger partial charge in [0.05, 0.1) is 18.7 Å². The SMILES string of the molecule is CCCC[n+]1ccn(S(C)(=O)=O)c1C(CC)CCC. The van der Waals surface area contributed by atoms with Crippen LogP contribution in [0.25, 0.3) is 0 Å². The quantitative estimate of drug-likeness (QED) is 0.690. The fraction of sp³-hybridized carbons (Fsp3) is 0.786. The van der Waals surface area contributed by atoms with Gasteiger partial charge in [-0.15, -0.1) is 3.97 Å². The lowest BCUT2D eigenvalue weighted by Crippen LogP contribution is -2.39. The number of aryl methyl sites for hydroxylation is 1. The van der Waals surface area contributed by atoms with Crippen LogP contribution in [0.3, 0.4) is 0 Å². The molecule has 0 N–H and O–H groups in total. The first-order valence-electron chi connectivity index (χ1n) is 7.26. The van der Waals surface area contributed by atoms with Crippen molar-refractivity contribution in [2.24, 2.45) is 0 Å². The summed E-state index contributed by atoms with van der Waals surface area (Å²) < 4.78 is 27.4. The lowest BCUT2D eigenvalue weighted by atomic mass is 10.00. The van der Waals surface area contributed by atoms with Gasteiger partial charge in [0.2, 0.25) is 0 Å². The molecule has 1 aromatic heterocycles. The molecule has 0 aliphatic carbocycles. The first-order chi connectivity index (χ1) is 8.95. The van der Waals surface area contributed by atoms with Gasteiger partial charge in [0.1, 0.15) is 12.4 Å². The van der Waals surface area contributed by atoms with Gasteiger partial charge in [-0.25, -0.2) is 4.57 Å². The summed E-state index contributed by atoms with van der Waals surface area (Å²) in [4.78, 5) is 0. The number of imidazole rings is 1. The third kappa shape index (κ3) is 4.06. The van der Waals surface area contributed by atoms with Crippen LogP contribution in [0.5, 0.6) is 0 Å². The van der Waals surface area contributed by atoms with Crippen LogP contribution in [-0.2, 0) is 16.6 Å². The summed E-state index contributed by atoms with van der Waals surface area (Å²) >= 11 is 0. The Kier molecular flexibility index (Phi) is 6.04. The maximum atomic E-state index is 11.9. The molecule has 19 heavy (non-hydrogen) atoms. The van der Waals surface area contributed by atoms with Crippen molar-refractivity contribution in [3.63, 3.8) is 0 Å². The van der Waals surface area contributed by atoms with E-state index in [2.05, 4.69) is 25.3 Å². The van der Waals surface area contributed by atoms with E-state index in [9.17, 15) is 8.42 Å². The van der Waals surface area contributed by atoms with Gasteiger partial charge < -0.3 is 0 Å². The molecule has 0 aliphatic heterocycles. The Balaban J connectivity index is 3.23. The highest BCUT2D eigenvalue weighted by molar-refractivity contribution is 7.89. The van der Waals surface area contributed by atoms with E-state index in [1.165, 1.54) is 10.2 Å². The first kappa shape index (κ1) is 16.2. The monoisotopic (exact) mass is 287 g/mol. The van der Waals surface area contributed by atoms with Crippen molar-refractivity contribution in [3.8, 4) is 0 Å². The number of rotatable bonds is 8. The van der Waals surface area contributed by atoms with Crippen molar-refractivity contribution in [3.05, 3.63) is 18.2 Å². The molecule has 4 nitrogen and oxygen atoms in total. The third-order valence-corrected chi connectivity index (χ3v) is 4.53. The van der Waals surface area contributed by atoms with Crippen LogP contribution in [0.15, 0.2) is 12.4 Å². The van der Waals surface area contributed by atoms with E-state index in [1.54, 1.807) is 6.20 Å². The van der Waals surface area contributed by atoms with E-state index in [0.717, 1.165) is 44.5 Å². The number of unbranched alkanes of at least 4 members (excludes halogenated alkanes) is 1. The van der Waals surface area contributed by atoms with Gasteiger partial charge in [-0.1, -0.05) is 33.6 Å². The molecule has 1 unspecified atom stereocenters. The molecule has 0 saturated carbocycles. The molecule has 0 saturated heterocycles.